The fourth-order valence-electron chi connectivity index (χ4n) is 3.54. The van der Waals surface area contributed by atoms with Crippen molar-refractivity contribution in [1.29, 1.82) is 10.7 Å². The highest BCUT2D eigenvalue weighted by molar-refractivity contribution is 9.10. The van der Waals surface area contributed by atoms with Crippen molar-refractivity contribution in [2.24, 2.45) is 11.5 Å². The van der Waals surface area contributed by atoms with E-state index in [-0.39, 0.29) is 49.4 Å². The number of terminal acetylenes is 1. The van der Waals surface area contributed by atoms with Crippen LogP contribution in [0.4, 0.5) is 11.8 Å². The van der Waals surface area contributed by atoms with Gasteiger partial charge in [0.25, 0.3) is 0 Å². The maximum atomic E-state index is 9.29. The number of nitriles is 1. The summed E-state index contributed by atoms with van der Waals surface area (Å²) >= 11 is 6.65. The molecule has 0 unspecified atom stereocenters. The van der Waals surface area contributed by atoms with Gasteiger partial charge in [-0.15, -0.1) is 25.3 Å². The lowest BCUT2D eigenvalue weighted by atomic mass is 10.1. The first-order valence-corrected chi connectivity index (χ1v) is 15.5. The molecule has 49 heavy (non-hydrogen) atoms. The Morgan fingerprint density at radius 1 is 0.898 bits per heavy atom. The molecule has 4 aromatic rings. The highest BCUT2D eigenvalue weighted by atomic mass is 79.9. The molecule has 3 heterocycles. The number of rotatable bonds is 8. The van der Waals surface area contributed by atoms with Crippen molar-refractivity contribution in [3.05, 3.63) is 98.8 Å². The van der Waals surface area contributed by atoms with E-state index in [1.54, 1.807) is 30.6 Å². The van der Waals surface area contributed by atoms with Gasteiger partial charge in [-0.2, -0.15) is 10.2 Å². The molecule has 4 rings (SSSR count). The molecule has 0 amide bonds. The molecule has 0 atom stereocenters. The van der Waals surface area contributed by atoms with E-state index >= 15 is 0 Å². The zero-order chi connectivity index (χ0) is 35.5. The van der Waals surface area contributed by atoms with Crippen LogP contribution < -0.4 is 32.4 Å². The molecule has 0 bridgehead atoms. The summed E-state index contributed by atoms with van der Waals surface area (Å²) in [5.74, 6) is 2.52. The second-order valence-corrected chi connectivity index (χ2v) is 11.5. The number of guanidine groups is 1. The number of pyridine rings is 2. The third kappa shape index (κ3) is 17.2. The van der Waals surface area contributed by atoms with E-state index < -0.39 is 0 Å². The van der Waals surface area contributed by atoms with E-state index in [1.165, 1.54) is 6.20 Å². The average molecular weight is 819 g/mol. The van der Waals surface area contributed by atoms with E-state index in [2.05, 4.69) is 110 Å². The molecule has 262 valence electrons. The minimum Gasteiger partial charge on any atom is -0.451 e. The Labute approximate surface area is 311 Å². The zero-order valence-electron chi connectivity index (χ0n) is 26.9. The molecule has 12 nitrogen and oxygen atoms in total. The van der Waals surface area contributed by atoms with E-state index in [0.29, 0.717) is 38.6 Å². The minimum absolute atomic E-state index is 0. The topological polar surface area (TPSA) is 222 Å². The standard InChI is InChI=1S/C18H17BrN2O.C12H14BrN5O.C2H2.CH5N3.CH4.ClH/c1-13(2)16-12-21-18(19)10-17(16)22-15(11-20)9-8-14-6-4-3-5-7-14;1-6(2)7-4-16-10(13)3-8(7)19-9-5-17-12(15)18-11(9)14;1-2;2-1(3)4;;/h3-7,9-10,12-13H,8H2,1-2H3;3-6H,1-2H3,(H4,14,15,17,18);1-2H;(H5,2,3,4);1H4;1H/b15-9+;;;;;. The SMILES string of the molecule is C.C#C.CC(C)c1cnc(Br)cc1O/C(C#N)=C/Cc1ccccc1.CC(C)c1cnc(Br)cc1Oc1cnc(N)nc1N.Cl.N=C(N)N. The van der Waals surface area contributed by atoms with Crippen molar-refractivity contribution in [3.8, 4) is 36.2 Å². The number of halogens is 3. The summed E-state index contributed by atoms with van der Waals surface area (Å²) in [5.41, 5.74) is 23.2. The third-order valence-electron chi connectivity index (χ3n) is 5.68. The number of hydrogen-bond acceptors (Lipinski definition) is 10. The predicted octanol–water partition coefficient (Wildman–Crippen LogP) is 7.86. The monoisotopic (exact) mass is 816 g/mol. The van der Waals surface area contributed by atoms with Crippen LogP contribution in [0.3, 0.4) is 0 Å². The van der Waals surface area contributed by atoms with Crippen molar-refractivity contribution in [2.45, 2.75) is 53.4 Å². The van der Waals surface area contributed by atoms with Crippen LogP contribution in [-0.4, -0.2) is 25.9 Å². The smallest absolute Gasteiger partial charge is 0.222 e. The minimum atomic E-state index is -0.333. The average Bonchev–Trinajstić information content (AvgIpc) is 3.02. The van der Waals surface area contributed by atoms with Crippen LogP contribution >= 0.6 is 44.3 Å². The lowest BCUT2D eigenvalue weighted by Crippen LogP contribution is -2.20. The number of nitrogens with zero attached hydrogens (tertiary/aromatic N) is 5. The van der Waals surface area contributed by atoms with Gasteiger partial charge in [0, 0.05) is 35.7 Å². The van der Waals surface area contributed by atoms with Crippen molar-refractivity contribution < 1.29 is 9.47 Å². The fourth-order valence-corrected chi connectivity index (χ4v) is 4.16. The summed E-state index contributed by atoms with van der Waals surface area (Å²) in [6.07, 6.45) is 15.4. The number of allylic oxidation sites excluding steroid dienone is 2. The Morgan fingerprint density at radius 3 is 1.86 bits per heavy atom. The first-order valence-electron chi connectivity index (χ1n) is 13.9. The number of hydrogen-bond donors (Lipinski definition) is 5. The summed E-state index contributed by atoms with van der Waals surface area (Å²) in [6, 6.07) is 15.7. The van der Waals surface area contributed by atoms with Gasteiger partial charge in [0.05, 0.1) is 6.20 Å². The normalized spacial score (nSPS) is 9.78. The second-order valence-electron chi connectivity index (χ2n) is 9.91. The highest BCUT2D eigenvalue weighted by Crippen LogP contribution is 2.33. The van der Waals surface area contributed by atoms with Crippen LogP contribution in [0.2, 0.25) is 0 Å². The summed E-state index contributed by atoms with van der Waals surface area (Å²) in [6.45, 7) is 8.25. The first-order chi connectivity index (χ1) is 22.3. The molecule has 15 heteroatoms. The van der Waals surface area contributed by atoms with Crippen molar-refractivity contribution in [1.82, 2.24) is 19.9 Å². The van der Waals surface area contributed by atoms with E-state index in [9.17, 15) is 5.26 Å². The van der Waals surface area contributed by atoms with Gasteiger partial charge < -0.3 is 32.4 Å². The van der Waals surface area contributed by atoms with Crippen molar-refractivity contribution in [2.75, 3.05) is 11.5 Å². The lowest BCUT2D eigenvalue weighted by Gasteiger charge is -2.14. The van der Waals surface area contributed by atoms with Crippen LogP contribution in [-0.2, 0) is 6.42 Å². The molecule has 0 aliphatic carbocycles. The molecule has 9 N–H and O–H groups in total. The van der Waals surface area contributed by atoms with Crippen LogP contribution in [0.1, 0.15) is 63.6 Å². The second kappa shape index (κ2) is 24.3. The Balaban J connectivity index is 0. The Morgan fingerprint density at radius 2 is 1.39 bits per heavy atom. The molecule has 1 aromatic carbocycles. The van der Waals surface area contributed by atoms with Crippen LogP contribution in [0.5, 0.6) is 17.2 Å². The molecule has 0 saturated carbocycles. The number of nitrogen functional groups attached to an aromatic ring is 2. The van der Waals surface area contributed by atoms with Crippen molar-refractivity contribution in [3.63, 3.8) is 0 Å². The van der Waals surface area contributed by atoms with Crippen LogP contribution in [0, 0.1) is 29.6 Å². The third-order valence-corrected chi connectivity index (χ3v) is 6.55. The van der Waals surface area contributed by atoms with Gasteiger partial charge in [0.2, 0.25) is 5.95 Å². The van der Waals surface area contributed by atoms with Gasteiger partial charge in [-0.25, -0.2) is 15.0 Å². The van der Waals surface area contributed by atoms with Crippen molar-refractivity contribution >= 4 is 62.0 Å². The van der Waals surface area contributed by atoms with Gasteiger partial charge in [-0.05, 0) is 61.8 Å². The van der Waals surface area contributed by atoms with E-state index in [4.69, 9.17) is 26.4 Å². The maximum Gasteiger partial charge on any atom is 0.222 e. The Hall–Kier alpha value is -4.89. The molecule has 0 aliphatic rings. The van der Waals surface area contributed by atoms with E-state index in [1.807, 2.05) is 30.3 Å². The molecule has 0 radical (unpaired) electrons. The fraction of sp³-hybridized carbons (Fsp3) is 0.235. The molecular weight excluding hydrogens is 776 g/mol. The number of ether oxygens (including phenoxy) is 2. The summed E-state index contributed by atoms with van der Waals surface area (Å²) < 4.78 is 12.9. The molecule has 0 spiro atoms. The maximum absolute atomic E-state index is 9.29. The van der Waals surface area contributed by atoms with E-state index in [0.717, 1.165) is 16.7 Å². The Bertz CT molecular complexity index is 1690. The lowest BCUT2D eigenvalue weighted by molar-refractivity contribution is 0.436. The molecule has 0 aliphatic heterocycles. The zero-order valence-corrected chi connectivity index (χ0v) is 30.9. The van der Waals surface area contributed by atoms with Gasteiger partial charge in [0.15, 0.2) is 23.3 Å². The van der Waals surface area contributed by atoms with Crippen LogP contribution in [0.15, 0.2) is 82.1 Å². The quantitative estimate of drug-likeness (QED) is 0.0288. The number of benzene rings is 1. The summed E-state index contributed by atoms with van der Waals surface area (Å²) in [4.78, 5) is 16.1. The largest absolute Gasteiger partial charge is 0.451 e. The Kier molecular flexibility index (Phi) is 22.9. The highest BCUT2D eigenvalue weighted by Gasteiger charge is 2.13. The predicted molar refractivity (Wildman–Crippen MR) is 207 cm³/mol. The first kappa shape index (κ1) is 46.2. The number of nitrogens with one attached hydrogen (secondary N) is 1. The molecule has 3 aromatic heterocycles. The molecule has 0 fully saturated rings. The van der Waals surface area contributed by atoms with Gasteiger partial charge in [-0.1, -0.05) is 65.5 Å². The van der Waals surface area contributed by atoms with Gasteiger partial charge >= 0.3 is 0 Å². The van der Waals surface area contributed by atoms with Gasteiger partial charge in [0.1, 0.15) is 26.8 Å². The summed E-state index contributed by atoms with van der Waals surface area (Å²) in [5, 5.41) is 15.3. The number of nitrogens with two attached hydrogens (primary N) is 4. The molecular formula is C34H43Br2ClN10O2. The van der Waals surface area contributed by atoms with Gasteiger partial charge in [-0.3, -0.25) is 5.41 Å². The van der Waals surface area contributed by atoms with Crippen LogP contribution in [0.25, 0.3) is 0 Å². The number of aromatic nitrogens is 4. The number of anilines is 2. The molecule has 0 saturated heterocycles. The summed E-state index contributed by atoms with van der Waals surface area (Å²) in [7, 11) is 0.